The molecule has 3 aromatic rings. The molecule has 1 fully saturated rings. The molecule has 0 saturated carbocycles. The Balaban J connectivity index is 1.34. The topological polar surface area (TPSA) is 56.4 Å². The van der Waals surface area contributed by atoms with Gasteiger partial charge in [0.25, 0.3) is 5.91 Å². The third-order valence-corrected chi connectivity index (χ3v) is 5.16. The first-order chi connectivity index (χ1) is 13.7. The maximum absolute atomic E-state index is 12.8. The molecule has 2 heterocycles. The number of rotatable bonds is 4. The van der Waals surface area contributed by atoms with E-state index < -0.39 is 0 Å². The first-order valence-electron chi connectivity index (χ1n) is 9.55. The molecule has 2 aromatic carbocycles. The van der Waals surface area contributed by atoms with Crippen molar-refractivity contribution in [2.75, 3.05) is 26.2 Å². The summed E-state index contributed by atoms with van der Waals surface area (Å²) < 4.78 is 0. The maximum Gasteiger partial charge on any atom is 0.253 e. The molecule has 1 N–H and O–H groups in total. The van der Waals surface area contributed by atoms with Crippen LogP contribution in [-0.2, 0) is 11.2 Å². The minimum atomic E-state index is 0.0241. The van der Waals surface area contributed by atoms with Gasteiger partial charge >= 0.3 is 0 Å². The molecule has 28 heavy (non-hydrogen) atoms. The molecule has 2 amide bonds. The number of hydrogen-bond acceptors (Lipinski definition) is 2. The van der Waals surface area contributed by atoms with E-state index in [4.69, 9.17) is 0 Å². The average molecular weight is 373 g/mol. The highest BCUT2D eigenvalue weighted by molar-refractivity contribution is 5.95. The van der Waals surface area contributed by atoms with Gasteiger partial charge < -0.3 is 14.8 Å². The van der Waals surface area contributed by atoms with Gasteiger partial charge in [0.2, 0.25) is 5.91 Å². The lowest BCUT2D eigenvalue weighted by Crippen LogP contribution is -2.51. The van der Waals surface area contributed by atoms with Crippen molar-refractivity contribution in [3.8, 4) is 11.1 Å². The monoisotopic (exact) mass is 373 g/mol. The molecule has 142 valence electrons. The lowest BCUT2D eigenvalue weighted by molar-refractivity contribution is -0.132. The van der Waals surface area contributed by atoms with Gasteiger partial charge in [0, 0.05) is 43.6 Å². The zero-order valence-electron chi connectivity index (χ0n) is 15.7. The summed E-state index contributed by atoms with van der Waals surface area (Å²) in [6, 6.07) is 21.7. The van der Waals surface area contributed by atoms with Crippen LogP contribution in [0.3, 0.4) is 0 Å². The Morgan fingerprint density at radius 3 is 2.04 bits per heavy atom. The molecule has 5 heteroatoms. The largest absolute Gasteiger partial charge is 0.365 e. The van der Waals surface area contributed by atoms with Crippen molar-refractivity contribution in [1.82, 2.24) is 14.8 Å². The lowest BCUT2D eigenvalue weighted by atomic mass is 10.0. The van der Waals surface area contributed by atoms with Gasteiger partial charge in [-0.25, -0.2) is 0 Å². The second-order valence-electron chi connectivity index (χ2n) is 6.99. The number of aromatic nitrogens is 1. The zero-order valence-corrected chi connectivity index (χ0v) is 15.7. The molecule has 0 aliphatic carbocycles. The Kier molecular flexibility index (Phi) is 5.24. The van der Waals surface area contributed by atoms with Gasteiger partial charge in [-0.3, -0.25) is 9.59 Å². The fourth-order valence-electron chi connectivity index (χ4n) is 3.53. The smallest absolute Gasteiger partial charge is 0.253 e. The van der Waals surface area contributed by atoms with E-state index in [-0.39, 0.29) is 11.8 Å². The summed E-state index contributed by atoms with van der Waals surface area (Å²) in [6.07, 6.45) is 2.20. The molecule has 0 atom stereocenters. The van der Waals surface area contributed by atoms with Crippen molar-refractivity contribution in [2.24, 2.45) is 0 Å². The Morgan fingerprint density at radius 2 is 1.39 bits per heavy atom. The molecule has 1 saturated heterocycles. The number of nitrogens with zero attached hydrogens (tertiary/aromatic N) is 2. The molecule has 1 aliphatic rings. The van der Waals surface area contributed by atoms with E-state index in [1.807, 2.05) is 70.6 Å². The van der Waals surface area contributed by atoms with Gasteiger partial charge in [-0.2, -0.15) is 0 Å². The molecule has 5 nitrogen and oxygen atoms in total. The van der Waals surface area contributed by atoms with E-state index in [2.05, 4.69) is 17.1 Å². The number of aromatic amines is 1. The van der Waals surface area contributed by atoms with Gasteiger partial charge in [-0.05, 0) is 35.4 Å². The standard InChI is InChI=1S/C23H23N3O2/c27-22(17-21-7-4-12-24-21)25-13-15-26(16-14-25)23(28)20-10-8-19(9-11-20)18-5-2-1-3-6-18/h1-12,24H,13-17H2. The van der Waals surface area contributed by atoms with Crippen LogP contribution in [0.15, 0.2) is 72.9 Å². The summed E-state index contributed by atoms with van der Waals surface area (Å²) in [5, 5.41) is 0. The van der Waals surface area contributed by atoms with Gasteiger partial charge in [-0.15, -0.1) is 0 Å². The average Bonchev–Trinajstić information content (AvgIpc) is 3.27. The summed E-state index contributed by atoms with van der Waals surface area (Å²) in [4.78, 5) is 31.9. The van der Waals surface area contributed by atoms with Gasteiger partial charge in [0.1, 0.15) is 0 Å². The van der Waals surface area contributed by atoms with Crippen LogP contribution in [0, 0.1) is 0 Å². The van der Waals surface area contributed by atoms with Crippen molar-refractivity contribution < 1.29 is 9.59 Å². The highest BCUT2D eigenvalue weighted by Gasteiger charge is 2.25. The summed E-state index contributed by atoms with van der Waals surface area (Å²) in [7, 11) is 0. The minimum Gasteiger partial charge on any atom is -0.365 e. The predicted molar refractivity (Wildman–Crippen MR) is 109 cm³/mol. The quantitative estimate of drug-likeness (QED) is 0.763. The third-order valence-electron chi connectivity index (χ3n) is 5.16. The van der Waals surface area contributed by atoms with Gasteiger partial charge in [0.05, 0.1) is 6.42 Å². The van der Waals surface area contributed by atoms with Gasteiger partial charge in [0.15, 0.2) is 0 Å². The lowest BCUT2D eigenvalue weighted by Gasteiger charge is -2.34. The van der Waals surface area contributed by atoms with Crippen LogP contribution < -0.4 is 0 Å². The second kappa shape index (κ2) is 8.13. The molecular weight excluding hydrogens is 350 g/mol. The number of H-pyrrole nitrogens is 1. The summed E-state index contributed by atoms with van der Waals surface area (Å²) in [6.45, 7) is 2.28. The summed E-state index contributed by atoms with van der Waals surface area (Å²) in [5.41, 5.74) is 3.83. The van der Waals surface area contributed by atoms with Crippen molar-refractivity contribution in [3.05, 3.63) is 84.2 Å². The molecule has 0 bridgehead atoms. The maximum atomic E-state index is 12.8. The van der Waals surface area contributed by atoms with Crippen molar-refractivity contribution in [1.29, 1.82) is 0 Å². The van der Waals surface area contributed by atoms with E-state index >= 15 is 0 Å². The number of amides is 2. The third kappa shape index (κ3) is 3.98. The van der Waals surface area contributed by atoms with Gasteiger partial charge in [-0.1, -0.05) is 42.5 Å². The van der Waals surface area contributed by atoms with Crippen molar-refractivity contribution in [2.45, 2.75) is 6.42 Å². The Bertz CT molecular complexity index is 926. The van der Waals surface area contributed by atoms with E-state index in [0.29, 0.717) is 38.2 Å². The fraction of sp³-hybridized carbons (Fsp3) is 0.217. The highest BCUT2D eigenvalue weighted by atomic mass is 16.2. The number of nitrogens with one attached hydrogen (secondary N) is 1. The molecule has 4 rings (SSSR count). The molecule has 0 unspecified atom stereocenters. The number of hydrogen-bond donors (Lipinski definition) is 1. The van der Waals surface area contributed by atoms with Crippen LogP contribution in [0.4, 0.5) is 0 Å². The first kappa shape index (κ1) is 18.0. The van der Waals surface area contributed by atoms with Crippen LogP contribution >= 0.6 is 0 Å². The normalized spacial score (nSPS) is 14.1. The number of benzene rings is 2. The minimum absolute atomic E-state index is 0.0241. The Hall–Kier alpha value is -3.34. The van der Waals surface area contributed by atoms with E-state index in [9.17, 15) is 9.59 Å². The van der Waals surface area contributed by atoms with Crippen molar-refractivity contribution >= 4 is 11.8 Å². The SMILES string of the molecule is O=C(Cc1ccc[nH]1)N1CCN(C(=O)c2ccc(-c3ccccc3)cc2)CC1. The molecule has 1 aromatic heterocycles. The van der Waals surface area contributed by atoms with Crippen LogP contribution in [-0.4, -0.2) is 52.8 Å². The summed E-state index contributed by atoms with van der Waals surface area (Å²) in [5.74, 6) is 0.123. The van der Waals surface area contributed by atoms with E-state index in [1.54, 1.807) is 0 Å². The molecule has 0 radical (unpaired) electrons. The van der Waals surface area contributed by atoms with Crippen LogP contribution in [0.1, 0.15) is 16.1 Å². The Morgan fingerprint density at radius 1 is 0.750 bits per heavy atom. The molecule has 1 aliphatic heterocycles. The second-order valence-corrected chi connectivity index (χ2v) is 6.99. The van der Waals surface area contributed by atoms with E-state index in [0.717, 1.165) is 16.8 Å². The van der Waals surface area contributed by atoms with Crippen molar-refractivity contribution in [3.63, 3.8) is 0 Å². The summed E-state index contributed by atoms with van der Waals surface area (Å²) >= 11 is 0. The van der Waals surface area contributed by atoms with Crippen LogP contribution in [0.2, 0.25) is 0 Å². The zero-order chi connectivity index (χ0) is 19.3. The number of piperazine rings is 1. The number of carbonyl (C=O) groups excluding carboxylic acids is 2. The highest BCUT2D eigenvalue weighted by Crippen LogP contribution is 2.20. The van der Waals surface area contributed by atoms with Crippen LogP contribution in [0.5, 0.6) is 0 Å². The molecular formula is C23H23N3O2. The predicted octanol–water partition coefficient (Wildman–Crippen LogP) is 3.21. The number of carbonyl (C=O) groups is 2. The van der Waals surface area contributed by atoms with Crippen LogP contribution in [0.25, 0.3) is 11.1 Å². The van der Waals surface area contributed by atoms with E-state index in [1.165, 1.54) is 0 Å². The fourth-order valence-corrected chi connectivity index (χ4v) is 3.53. The Labute approximate surface area is 164 Å². The first-order valence-corrected chi connectivity index (χ1v) is 9.55. The molecule has 0 spiro atoms.